The second-order valence-electron chi connectivity index (χ2n) is 4.58. The predicted molar refractivity (Wildman–Crippen MR) is 77.0 cm³/mol. The third-order valence-electron chi connectivity index (χ3n) is 3.33. The summed E-state index contributed by atoms with van der Waals surface area (Å²) in [5.41, 5.74) is 2.37. The highest BCUT2D eigenvalue weighted by Crippen LogP contribution is 2.29. The lowest BCUT2D eigenvalue weighted by Crippen LogP contribution is -2.08. The molecule has 3 aromatic rings. The van der Waals surface area contributed by atoms with Crippen molar-refractivity contribution in [3.63, 3.8) is 0 Å². The standard InChI is InChI=1S/C15H12ClNO3/c1-17-12-7-6-9(8-13(12)20-15(17)19)14(18)10-4-2-3-5-11(10)16/h2-8,14,18H,1H3. The molecule has 0 spiro atoms. The fourth-order valence-electron chi connectivity index (χ4n) is 2.20. The summed E-state index contributed by atoms with van der Waals surface area (Å²) in [5.74, 6) is -0.426. The summed E-state index contributed by atoms with van der Waals surface area (Å²) in [4.78, 5) is 11.5. The van der Waals surface area contributed by atoms with Crippen LogP contribution >= 0.6 is 11.6 Å². The first-order valence-corrected chi connectivity index (χ1v) is 6.47. The lowest BCUT2D eigenvalue weighted by molar-refractivity contribution is 0.220. The van der Waals surface area contributed by atoms with Crippen LogP contribution in [0.2, 0.25) is 5.02 Å². The predicted octanol–water partition coefficient (Wildman–Crippen LogP) is 2.87. The van der Waals surface area contributed by atoms with E-state index in [0.717, 1.165) is 0 Å². The number of aromatic nitrogens is 1. The van der Waals surface area contributed by atoms with Crippen LogP contribution in [0.4, 0.5) is 0 Å². The van der Waals surface area contributed by atoms with E-state index in [2.05, 4.69) is 0 Å². The number of aliphatic hydroxyl groups is 1. The molecule has 1 heterocycles. The molecule has 0 saturated heterocycles. The highest BCUT2D eigenvalue weighted by atomic mass is 35.5. The molecule has 1 atom stereocenters. The Kier molecular flexibility index (Phi) is 3.12. The average Bonchev–Trinajstić information content (AvgIpc) is 2.73. The zero-order valence-electron chi connectivity index (χ0n) is 10.7. The molecule has 1 unspecified atom stereocenters. The maximum absolute atomic E-state index is 11.5. The van der Waals surface area contributed by atoms with Gasteiger partial charge in [-0.3, -0.25) is 4.57 Å². The summed E-state index contributed by atoms with van der Waals surface area (Å²) < 4.78 is 6.54. The Morgan fingerprint density at radius 2 is 2.00 bits per heavy atom. The van der Waals surface area contributed by atoms with Gasteiger partial charge in [0.15, 0.2) is 5.58 Å². The van der Waals surface area contributed by atoms with Crippen molar-refractivity contribution < 1.29 is 9.52 Å². The lowest BCUT2D eigenvalue weighted by atomic mass is 10.0. The molecule has 0 radical (unpaired) electrons. The van der Waals surface area contributed by atoms with Crippen LogP contribution in [0.25, 0.3) is 11.1 Å². The van der Waals surface area contributed by atoms with Gasteiger partial charge in [-0.25, -0.2) is 4.79 Å². The molecule has 3 rings (SSSR count). The zero-order valence-corrected chi connectivity index (χ0v) is 11.5. The van der Waals surface area contributed by atoms with E-state index < -0.39 is 11.9 Å². The van der Waals surface area contributed by atoms with Crippen molar-refractivity contribution in [2.45, 2.75) is 6.10 Å². The molecule has 0 aliphatic carbocycles. The molecule has 0 fully saturated rings. The number of aryl methyl sites for hydroxylation is 1. The Morgan fingerprint density at radius 3 is 2.75 bits per heavy atom. The van der Waals surface area contributed by atoms with Gasteiger partial charge in [0.25, 0.3) is 0 Å². The number of hydrogen-bond acceptors (Lipinski definition) is 3. The van der Waals surface area contributed by atoms with E-state index in [1.165, 1.54) is 4.57 Å². The monoisotopic (exact) mass is 289 g/mol. The third kappa shape index (κ3) is 2.03. The van der Waals surface area contributed by atoms with Crippen LogP contribution in [0, 0.1) is 0 Å². The molecule has 0 amide bonds. The molecule has 20 heavy (non-hydrogen) atoms. The number of hydrogen-bond donors (Lipinski definition) is 1. The van der Waals surface area contributed by atoms with Gasteiger partial charge in [0.05, 0.1) is 5.52 Å². The van der Waals surface area contributed by atoms with Crippen LogP contribution in [0.3, 0.4) is 0 Å². The van der Waals surface area contributed by atoms with Crippen molar-refractivity contribution in [3.05, 3.63) is 69.2 Å². The van der Waals surface area contributed by atoms with E-state index in [4.69, 9.17) is 16.0 Å². The highest BCUT2D eigenvalue weighted by Gasteiger charge is 2.15. The first-order chi connectivity index (χ1) is 9.58. The van der Waals surface area contributed by atoms with Crippen LogP contribution < -0.4 is 5.76 Å². The summed E-state index contributed by atoms with van der Waals surface area (Å²) in [7, 11) is 1.64. The molecule has 1 aromatic heterocycles. The zero-order chi connectivity index (χ0) is 14.3. The van der Waals surface area contributed by atoms with E-state index in [0.29, 0.717) is 27.2 Å². The van der Waals surface area contributed by atoms with Gasteiger partial charge in [0.2, 0.25) is 0 Å². The Morgan fingerprint density at radius 1 is 1.25 bits per heavy atom. The van der Waals surface area contributed by atoms with Gasteiger partial charge in [0.1, 0.15) is 6.10 Å². The third-order valence-corrected chi connectivity index (χ3v) is 3.68. The number of aliphatic hydroxyl groups excluding tert-OH is 1. The van der Waals surface area contributed by atoms with E-state index in [9.17, 15) is 9.90 Å². The molecule has 102 valence electrons. The Bertz CT molecular complexity index is 834. The van der Waals surface area contributed by atoms with E-state index in [-0.39, 0.29) is 0 Å². The molecule has 1 N–H and O–H groups in total. The Balaban J connectivity index is 2.11. The molecule has 2 aromatic carbocycles. The SMILES string of the molecule is Cn1c(=O)oc2cc(C(O)c3ccccc3Cl)ccc21. The van der Waals surface area contributed by atoms with Crippen LogP contribution in [0.5, 0.6) is 0 Å². The molecule has 5 heteroatoms. The van der Waals surface area contributed by atoms with E-state index >= 15 is 0 Å². The Hall–Kier alpha value is -2.04. The van der Waals surface area contributed by atoms with E-state index in [1.807, 2.05) is 6.07 Å². The number of rotatable bonds is 2. The van der Waals surface area contributed by atoms with Gasteiger partial charge < -0.3 is 9.52 Å². The van der Waals surface area contributed by atoms with Gasteiger partial charge in [-0.05, 0) is 23.8 Å². The second-order valence-corrected chi connectivity index (χ2v) is 4.99. The molecular formula is C15H12ClNO3. The smallest absolute Gasteiger partial charge is 0.408 e. The molecule has 0 saturated carbocycles. The molecule has 0 aliphatic heterocycles. The molecule has 0 bridgehead atoms. The summed E-state index contributed by atoms with van der Waals surface area (Å²) in [6.07, 6.45) is -0.862. The lowest BCUT2D eigenvalue weighted by Gasteiger charge is -2.12. The number of nitrogens with zero attached hydrogens (tertiary/aromatic N) is 1. The molecular weight excluding hydrogens is 278 g/mol. The fourth-order valence-corrected chi connectivity index (χ4v) is 2.44. The topological polar surface area (TPSA) is 55.4 Å². The van der Waals surface area contributed by atoms with Crippen LogP contribution in [-0.4, -0.2) is 9.67 Å². The molecule has 0 aliphatic rings. The van der Waals surface area contributed by atoms with Crippen molar-refractivity contribution in [2.24, 2.45) is 7.05 Å². The summed E-state index contributed by atoms with van der Waals surface area (Å²) in [6.45, 7) is 0. The summed E-state index contributed by atoms with van der Waals surface area (Å²) in [6, 6.07) is 12.3. The van der Waals surface area contributed by atoms with Crippen molar-refractivity contribution >= 4 is 22.7 Å². The van der Waals surface area contributed by atoms with Crippen molar-refractivity contribution in [1.29, 1.82) is 0 Å². The van der Waals surface area contributed by atoms with Gasteiger partial charge in [-0.1, -0.05) is 35.9 Å². The van der Waals surface area contributed by atoms with Crippen LogP contribution in [0.15, 0.2) is 51.7 Å². The summed E-state index contributed by atoms with van der Waals surface area (Å²) >= 11 is 6.08. The van der Waals surface area contributed by atoms with Crippen LogP contribution in [0.1, 0.15) is 17.2 Å². The van der Waals surface area contributed by atoms with Crippen LogP contribution in [-0.2, 0) is 7.05 Å². The van der Waals surface area contributed by atoms with Gasteiger partial charge in [-0.2, -0.15) is 0 Å². The van der Waals surface area contributed by atoms with Gasteiger partial charge in [0, 0.05) is 17.6 Å². The minimum absolute atomic E-state index is 0.426. The fraction of sp³-hybridized carbons (Fsp3) is 0.133. The number of halogens is 1. The number of oxazole rings is 1. The average molecular weight is 290 g/mol. The van der Waals surface area contributed by atoms with Crippen molar-refractivity contribution in [1.82, 2.24) is 4.57 Å². The number of benzene rings is 2. The first kappa shape index (κ1) is 13.0. The maximum Gasteiger partial charge on any atom is 0.419 e. The second kappa shape index (κ2) is 4.81. The summed E-state index contributed by atoms with van der Waals surface area (Å²) in [5, 5.41) is 10.9. The normalized spacial score (nSPS) is 12.8. The van der Waals surface area contributed by atoms with Crippen molar-refractivity contribution in [3.8, 4) is 0 Å². The van der Waals surface area contributed by atoms with Gasteiger partial charge in [-0.15, -0.1) is 0 Å². The van der Waals surface area contributed by atoms with E-state index in [1.54, 1.807) is 43.4 Å². The van der Waals surface area contributed by atoms with Crippen molar-refractivity contribution in [2.75, 3.05) is 0 Å². The highest BCUT2D eigenvalue weighted by molar-refractivity contribution is 6.31. The molecule has 4 nitrogen and oxygen atoms in total. The van der Waals surface area contributed by atoms with Gasteiger partial charge >= 0.3 is 5.76 Å². The number of fused-ring (bicyclic) bond motifs is 1. The first-order valence-electron chi connectivity index (χ1n) is 6.10. The maximum atomic E-state index is 11.5. The quantitative estimate of drug-likeness (QED) is 0.789. The largest absolute Gasteiger partial charge is 0.419 e. The minimum Gasteiger partial charge on any atom is -0.408 e. The Labute approximate surface area is 119 Å². The minimum atomic E-state index is -0.862.